The van der Waals surface area contributed by atoms with Crippen molar-refractivity contribution in [2.75, 3.05) is 13.1 Å². The van der Waals surface area contributed by atoms with Crippen molar-refractivity contribution in [3.8, 4) is 0 Å². The van der Waals surface area contributed by atoms with Gasteiger partial charge in [-0.3, -0.25) is 9.59 Å². The molecule has 2 heterocycles. The molecule has 1 aliphatic heterocycles. The summed E-state index contributed by atoms with van der Waals surface area (Å²) in [6.07, 6.45) is 3.34. The summed E-state index contributed by atoms with van der Waals surface area (Å²) in [6, 6.07) is 19.7. The highest BCUT2D eigenvalue weighted by atomic mass is 16.4. The summed E-state index contributed by atoms with van der Waals surface area (Å²) in [4.78, 5) is 40.0. The Morgan fingerprint density at radius 2 is 1.59 bits per heavy atom. The highest BCUT2D eigenvalue weighted by Gasteiger charge is 2.38. The first-order chi connectivity index (χ1) is 16.3. The van der Waals surface area contributed by atoms with Gasteiger partial charge in [-0.05, 0) is 31.9 Å². The maximum Gasteiger partial charge on any atom is 0.341 e. The van der Waals surface area contributed by atoms with Gasteiger partial charge in [0.1, 0.15) is 11.3 Å². The van der Waals surface area contributed by atoms with Crippen LogP contribution in [0.4, 0.5) is 0 Å². The molecule has 2 aromatic carbocycles. The Morgan fingerprint density at radius 3 is 2.09 bits per heavy atom. The number of hydrogen-bond acceptors (Lipinski definition) is 3. The quantitative estimate of drug-likeness (QED) is 0.548. The van der Waals surface area contributed by atoms with Gasteiger partial charge in [-0.15, -0.1) is 0 Å². The third kappa shape index (κ3) is 4.31. The number of amides is 1. The standard InChI is InChI=1S/C28H28N2O4/c1-18(2)14-15-29-17-23(24(20-10-6-4-7-11-20)21-12-8-5-9-13-21)30-16-22(28(33)34)26(31)19(3)25(30)27(29)32/h4-14,16,23-24H,15,17H2,1-3H3,(H,33,34)/t23-/m1/s1. The molecule has 4 rings (SSSR count). The topological polar surface area (TPSA) is 79.6 Å². The fourth-order valence-corrected chi connectivity index (χ4v) is 4.67. The van der Waals surface area contributed by atoms with Crippen LogP contribution >= 0.6 is 0 Å². The van der Waals surface area contributed by atoms with Crippen molar-refractivity contribution in [1.29, 1.82) is 0 Å². The van der Waals surface area contributed by atoms with Crippen molar-refractivity contribution in [1.82, 2.24) is 9.47 Å². The van der Waals surface area contributed by atoms with E-state index in [-0.39, 0.29) is 34.7 Å². The average molecular weight is 457 g/mol. The molecule has 6 nitrogen and oxygen atoms in total. The van der Waals surface area contributed by atoms with E-state index in [9.17, 15) is 19.5 Å². The van der Waals surface area contributed by atoms with E-state index in [2.05, 4.69) is 0 Å². The van der Waals surface area contributed by atoms with Crippen LogP contribution < -0.4 is 5.43 Å². The largest absolute Gasteiger partial charge is 0.477 e. The fourth-order valence-electron chi connectivity index (χ4n) is 4.67. The number of fused-ring (bicyclic) bond motifs is 1. The molecule has 0 radical (unpaired) electrons. The Kier molecular flexibility index (Phi) is 6.50. The Balaban J connectivity index is 1.99. The van der Waals surface area contributed by atoms with Crippen molar-refractivity contribution in [3.63, 3.8) is 0 Å². The molecule has 0 saturated heterocycles. The molecule has 1 aromatic heterocycles. The second-order valence-electron chi connectivity index (χ2n) is 8.92. The molecule has 0 bridgehead atoms. The molecule has 0 saturated carbocycles. The lowest BCUT2D eigenvalue weighted by Crippen LogP contribution is -2.47. The van der Waals surface area contributed by atoms with E-state index in [4.69, 9.17) is 0 Å². The van der Waals surface area contributed by atoms with Gasteiger partial charge in [-0.25, -0.2) is 4.79 Å². The predicted molar refractivity (Wildman–Crippen MR) is 131 cm³/mol. The van der Waals surface area contributed by atoms with Crippen LogP contribution in [-0.4, -0.2) is 39.5 Å². The molecular weight excluding hydrogens is 428 g/mol. The van der Waals surface area contributed by atoms with Gasteiger partial charge in [0.15, 0.2) is 5.43 Å². The lowest BCUT2D eigenvalue weighted by molar-refractivity contribution is 0.0659. The molecule has 1 amide bonds. The zero-order valence-corrected chi connectivity index (χ0v) is 19.6. The normalized spacial score (nSPS) is 15.2. The molecule has 1 N–H and O–H groups in total. The number of pyridine rings is 1. The number of carboxylic acids is 1. The Labute approximate surface area is 198 Å². The molecule has 34 heavy (non-hydrogen) atoms. The van der Waals surface area contributed by atoms with E-state index >= 15 is 0 Å². The van der Waals surface area contributed by atoms with Crippen molar-refractivity contribution in [2.24, 2.45) is 0 Å². The predicted octanol–water partition coefficient (Wildman–Crippen LogP) is 4.65. The highest BCUT2D eigenvalue weighted by molar-refractivity contribution is 5.96. The van der Waals surface area contributed by atoms with Crippen LogP contribution in [0.15, 0.2) is 83.3 Å². The van der Waals surface area contributed by atoms with Gasteiger partial charge < -0.3 is 14.6 Å². The van der Waals surface area contributed by atoms with E-state index in [1.807, 2.05) is 80.6 Å². The van der Waals surface area contributed by atoms with Crippen LogP contribution in [0.5, 0.6) is 0 Å². The molecule has 6 heteroatoms. The van der Waals surface area contributed by atoms with E-state index < -0.39 is 11.4 Å². The average Bonchev–Trinajstić information content (AvgIpc) is 2.82. The maximum absolute atomic E-state index is 13.5. The summed E-state index contributed by atoms with van der Waals surface area (Å²) in [5.41, 5.74) is 2.67. The van der Waals surface area contributed by atoms with Gasteiger partial charge in [0.05, 0.1) is 6.04 Å². The summed E-state index contributed by atoms with van der Waals surface area (Å²) in [6.45, 7) is 6.30. The number of hydrogen-bond donors (Lipinski definition) is 1. The van der Waals surface area contributed by atoms with Crippen molar-refractivity contribution in [2.45, 2.75) is 32.7 Å². The molecule has 3 aromatic rings. The van der Waals surface area contributed by atoms with E-state index in [1.54, 1.807) is 16.4 Å². The monoisotopic (exact) mass is 456 g/mol. The first-order valence-electron chi connectivity index (χ1n) is 11.3. The zero-order valence-electron chi connectivity index (χ0n) is 19.6. The number of allylic oxidation sites excluding steroid dienone is 1. The molecule has 0 spiro atoms. The van der Waals surface area contributed by atoms with Gasteiger partial charge in [-0.2, -0.15) is 0 Å². The number of carbonyl (C=O) groups is 2. The SMILES string of the molecule is CC(C)=CCN1C[C@H](C(c2ccccc2)c2ccccc2)n2cc(C(=O)O)c(=O)c(C)c2C1=O. The lowest BCUT2D eigenvalue weighted by Gasteiger charge is -2.40. The third-order valence-corrected chi connectivity index (χ3v) is 6.37. The first kappa shape index (κ1) is 23.2. The van der Waals surface area contributed by atoms with E-state index in [1.165, 1.54) is 6.20 Å². The Hall–Kier alpha value is -3.93. The minimum atomic E-state index is -1.29. The number of benzene rings is 2. The van der Waals surface area contributed by atoms with Gasteiger partial charge in [0, 0.05) is 30.8 Å². The number of carbonyl (C=O) groups excluding carboxylic acids is 1. The van der Waals surface area contributed by atoms with Gasteiger partial charge in [0.2, 0.25) is 0 Å². The molecule has 0 unspecified atom stereocenters. The van der Waals surface area contributed by atoms with Crippen LogP contribution in [0, 0.1) is 6.92 Å². The summed E-state index contributed by atoms with van der Waals surface area (Å²) in [7, 11) is 0. The molecule has 1 aliphatic rings. The molecular formula is C28H28N2O4. The molecule has 0 aliphatic carbocycles. The summed E-state index contributed by atoms with van der Waals surface area (Å²) in [5.74, 6) is -1.72. The summed E-state index contributed by atoms with van der Waals surface area (Å²) in [5, 5.41) is 9.70. The lowest BCUT2D eigenvalue weighted by atomic mass is 9.83. The number of rotatable bonds is 6. The smallest absolute Gasteiger partial charge is 0.341 e. The third-order valence-electron chi connectivity index (χ3n) is 6.37. The van der Waals surface area contributed by atoms with Crippen molar-refractivity contribution in [3.05, 3.63) is 117 Å². The van der Waals surface area contributed by atoms with Crippen LogP contribution in [0.25, 0.3) is 0 Å². The van der Waals surface area contributed by atoms with E-state index in [0.29, 0.717) is 13.1 Å². The van der Waals surface area contributed by atoms with Gasteiger partial charge >= 0.3 is 5.97 Å². The summed E-state index contributed by atoms with van der Waals surface area (Å²) >= 11 is 0. The first-order valence-corrected chi connectivity index (χ1v) is 11.3. The van der Waals surface area contributed by atoms with Crippen LogP contribution in [-0.2, 0) is 0 Å². The van der Waals surface area contributed by atoms with Crippen LogP contribution in [0.1, 0.15) is 63.3 Å². The van der Waals surface area contributed by atoms with Gasteiger partial charge in [0.25, 0.3) is 5.91 Å². The minimum Gasteiger partial charge on any atom is -0.477 e. The Morgan fingerprint density at radius 1 is 1.03 bits per heavy atom. The van der Waals surface area contributed by atoms with Crippen molar-refractivity contribution >= 4 is 11.9 Å². The Bertz CT molecular complexity index is 1270. The number of aromatic carboxylic acids is 1. The number of carboxylic acid groups (broad SMARTS) is 1. The van der Waals surface area contributed by atoms with E-state index in [0.717, 1.165) is 16.7 Å². The second kappa shape index (κ2) is 9.51. The fraction of sp³-hybridized carbons (Fsp3) is 0.250. The summed E-state index contributed by atoms with van der Waals surface area (Å²) < 4.78 is 1.73. The number of nitrogens with zero attached hydrogens (tertiary/aromatic N) is 2. The second-order valence-corrected chi connectivity index (χ2v) is 8.92. The van der Waals surface area contributed by atoms with Crippen LogP contribution in [0.2, 0.25) is 0 Å². The van der Waals surface area contributed by atoms with Gasteiger partial charge in [-0.1, -0.05) is 72.3 Å². The molecule has 174 valence electrons. The number of aromatic nitrogens is 1. The van der Waals surface area contributed by atoms with Crippen LogP contribution in [0.3, 0.4) is 0 Å². The van der Waals surface area contributed by atoms with Crippen molar-refractivity contribution < 1.29 is 14.7 Å². The molecule has 0 fully saturated rings. The highest BCUT2D eigenvalue weighted by Crippen LogP contribution is 2.39. The molecule has 1 atom stereocenters. The maximum atomic E-state index is 13.5. The zero-order chi connectivity index (χ0) is 24.4. The minimum absolute atomic E-state index is 0.160.